The number of nitrogens with one attached hydrogen (secondary N) is 1. The lowest BCUT2D eigenvalue weighted by molar-refractivity contribution is -0.136. The van der Waals surface area contributed by atoms with E-state index in [9.17, 15) is 23.2 Å². The third kappa shape index (κ3) is 6.79. The van der Waals surface area contributed by atoms with Gasteiger partial charge in [-0.15, -0.1) is 0 Å². The standard InChI is InChI=1S/C28H33F2N3O5/c1-17(34)32(3)23-6-4-5-20(11-23)14-31-27(36)24-12-22(15-33(24)18(2)35)21-9-10-25(38-28(29)30)26(13-21)37-16-19-7-8-19/h4-6,9-11,13,19,22,24,28H,7-8,12,14-16H2,1-3H3,(H,31,36)/t22?,24-/m1/s1. The number of carbonyl (C=O) groups is 3. The molecule has 0 bridgehead atoms. The van der Waals surface area contributed by atoms with E-state index in [1.807, 2.05) is 24.3 Å². The first kappa shape index (κ1) is 27.3. The molecule has 0 radical (unpaired) electrons. The number of nitrogens with zero attached hydrogens (tertiary/aromatic N) is 2. The van der Waals surface area contributed by atoms with Gasteiger partial charge in [-0.05, 0) is 60.6 Å². The molecule has 1 saturated heterocycles. The average Bonchev–Trinajstić information content (AvgIpc) is 3.60. The van der Waals surface area contributed by atoms with E-state index >= 15 is 0 Å². The Morgan fingerprint density at radius 2 is 1.87 bits per heavy atom. The fourth-order valence-electron chi connectivity index (χ4n) is 4.61. The van der Waals surface area contributed by atoms with Crippen molar-refractivity contribution >= 4 is 23.4 Å². The number of carbonyl (C=O) groups excluding carboxylic acids is 3. The Morgan fingerprint density at radius 1 is 1.11 bits per heavy atom. The zero-order valence-corrected chi connectivity index (χ0v) is 21.8. The van der Waals surface area contributed by atoms with Crippen LogP contribution in [0.25, 0.3) is 0 Å². The number of ether oxygens (including phenoxy) is 2. The molecule has 1 saturated carbocycles. The summed E-state index contributed by atoms with van der Waals surface area (Å²) in [6.45, 7) is 0.923. The van der Waals surface area contributed by atoms with Gasteiger partial charge in [-0.3, -0.25) is 14.4 Å². The normalized spacial score (nSPS) is 18.8. The van der Waals surface area contributed by atoms with Crippen LogP contribution in [0.2, 0.25) is 0 Å². The van der Waals surface area contributed by atoms with Crippen molar-refractivity contribution in [2.24, 2.45) is 5.92 Å². The summed E-state index contributed by atoms with van der Waals surface area (Å²) in [6.07, 6.45) is 2.49. The number of halogens is 2. The molecule has 2 aromatic carbocycles. The summed E-state index contributed by atoms with van der Waals surface area (Å²) in [4.78, 5) is 40.3. The van der Waals surface area contributed by atoms with Gasteiger partial charge in [0.15, 0.2) is 11.5 Å². The summed E-state index contributed by atoms with van der Waals surface area (Å²) < 4.78 is 36.2. The molecule has 38 heavy (non-hydrogen) atoms. The van der Waals surface area contributed by atoms with Crippen molar-refractivity contribution in [1.29, 1.82) is 0 Å². The maximum Gasteiger partial charge on any atom is 0.387 e. The van der Waals surface area contributed by atoms with Gasteiger partial charge in [0.25, 0.3) is 0 Å². The Bertz CT molecular complexity index is 1190. The molecule has 1 aliphatic heterocycles. The van der Waals surface area contributed by atoms with Crippen molar-refractivity contribution in [3.8, 4) is 11.5 Å². The summed E-state index contributed by atoms with van der Waals surface area (Å²) in [5, 5.41) is 2.91. The van der Waals surface area contributed by atoms with Gasteiger partial charge in [0.05, 0.1) is 6.61 Å². The van der Waals surface area contributed by atoms with Gasteiger partial charge in [0.1, 0.15) is 6.04 Å². The van der Waals surface area contributed by atoms with Gasteiger partial charge in [-0.2, -0.15) is 8.78 Å². The lowest BCUT2D eigenvalue weighted by Gasteiger charge is -2.22. The third-order valence-corrected chi connectivity index (χ3v) is 7.07. The van der Waals surface area contributed by atoms with Crippen LogP contribution in [0.1, 0.15) is 50.2 Å². The molecular weight excluding hydrogens is 496 g/mol. The molecule has 2 aromatic rings. The number of hydrogen-bond acceptors (Lipinski definition) is 5. The van der Waals surface area contributed by atoms with Crippen molar-refractivity contribution in [3.05, 3.63) is 53.6 Å². The Kier molecular flexibility index (Phi) is 8.48. The molecule has 0 spiro atoms. The fraction of sp³-hybridized carbons (Fsp3) is 0.464. The second-order valence-corrected chi connectivity index (χ2v) is 9.92. The highest BCUT2D eigenvalue weighted by atomic mass is 19.3. The molecule has 2 fully saturated rings. The predicted octanol–water partition coefficient (Wildman–Crippen LogP) is 4.08. The molecule has 0 aromatic heterocycles. The number of anilines is 1. The maximum absolute atomic E-state index is 13.2. The number of likely N-dealkylation sites (tertiary alicyclic amines) is 1. The Balaban J connectivity index is 1.45. The largest absolute Gasteiger partial charge is 0.489 e. The van der Waals surface area contributed by atoms with Crippen molar-refractivity contribution in [1.82, 2.24) is 10.2 Å². The SMILES string of the molecule is CC(=O)N(C)c1cccc(CNC(=O)[C@H]2CC(c3ccc(OC(F)F)c(OCC4CC4)c3)CN2C(C)=O)c1. The maximum atomic E-state index is 13.2. The highest BCUT2D eigenvalue weighted by molar-refractivity contribution is 5.91. The number of alkyl halides is 2. The first-order valence-corrected chi connectivity index (χ1v) is 12.7. The summed E-state index contributed by atoms with van der Waals surface area (Å²) in [5.41, 5.74) is 2.33. The second-order valence-electron chi connectivity index (χ2n) is 9.92. The van der Waals surface area contributed by atoms with Crippen molar-refractivity contribution in [2.45, 2.75) is 58.2 Å². The Morgan fingerprint density at radius 3 is 2.53 bits per heavy atom. The van der Waals surface area contributed by atoms with Crippen molar-refractivity contribution < 1.29 is 32.6 Å². The van der Waals surface area contributed by atoms with Gasteiger partial charge in [0.2, 0.25) is 17.7 Å². The number of hydrogen-bond donors (Lipinski definition) is 1. The van der Waals surface area contributed by atoms with Crippen LogP contribution in [-0.4, -0.2) is 55.5 Å². The minimum atomic E-state index is -2.97. The van der Waals surface area contributed by atoms with Gasteiger partial charge in [0, 0.05) is 45.6 Å². The molecular formula is C28H33F2N3O5. The Hall–Kier alpha value is -3.69. The number of rotatable bonds is 10. The van der Waals surface area contributed by atoms with Crippen LogP contribution in [0, 0.1) is 5.92 Å². The van der Waals surface area contributed by atoms with E-state index in [-0.39, 0.29) is 41.7 Å². The quantitative estimate of drug-likeness (QED) is 0.501. The molecule has 2 aliphatic rings. The molecule has 8 nitrogen and oxygen atoms in total. The lowest BCUT2D eigenvalue weighted by atomic mass is 9.95. The molecule has 4 rings (SSSR count). The van der Waals surface area contributed by atoms with E-state index < -0.39 is 12.7 Å². The molecule has 3 amide bonds. The summed E-state index contributed by atoms with van der Waals surface area (Å²) in [7, 11) is 1.68. The van der Waals surface area contributed by atoms with Gasteiger partial charge in [-0.1, -0.05) is 18.2 Å². The van der Waals surface area contributed by atoms with Crippen molar-refractivity contribution in [3.63, 3.8) is 0 Å². The molecule has 1 N–H and O–H groups in total. The van der Waals surface area contributed by atoms with Crippen LogP contribution in [0.5, 0.6) is 11.5 Å². The smallest absolute Gasteiger partial charge is 0.387 e. The zero-order chi connectivity index (χ0) is 27.4. The monoisotopic (exact) mass is 529 g/mol. The number of benzene rings is 2. The number of amides is 3. The fourth-order valence-corrected chi connectivity index (χ4v) is 4.61. The third-order valence-electron chi connectivity index (χ3n) is 7.07. The molecule has 1 aliphatic carbocycles. The van der Waals surface area contributed by atoms with Gasteiger partial charge in [-0.25, -0.2) is 0 Å². The van der Waals surface area contributed by atoms with Gasteiger partial charge >= 0.3 is 6.61 Å². The Labute approximate surface area is 220 Å². The average molecular weight is 530 g/mol. The highest BCUT2D eigenvalue weighted by Crippen LogP contribution is 2.39. The minimum Gasteiger partial charge on any atom is -0.489 e. The second kappa shape index (κ2) is 11.8. The van der Waals surface area contributed by atoms with E-state index in [1.54, 1.807) is 19.2 Å². The summed E-state index contributed by atoms with van der Waals surface area (Å²) in [6, 6.07) is 11.5. The molecule has 1 heterocycles. The van der Waals surface area contributed by atoms with Crippen LogP contribution in [0.15, 0.2) is 42.5 Å². The zero-order valence-electron chi connectivity index (χ0n) is 21.8. The van der Waals surface area contributed by atoms with Gasteiger partial charge < -0.3 is 24.6 Å². The van der Waals surface area contributed by atoms with Crippen LogP contribution in [0.3, 0.4) is 0 Å². The topological polar surface area (TPSA) is 88.2 Å². The molecule has 204 valence electrons. The van der Waals surface area contributed by atoms with E-state index in [2.05, 4.69) is 10.1 Å². The van der Waals surface area contributed by atoms with Crippen molar-refractivity contribution in [2.75, 3.05) is 25.1 Å². The van der Waals surface area contributed by atoms with E-state index in [0.29, 0.717) is 25.5 Å². The van der Waals surface area contributed by atoms with Crippen LogP contribution in [0.4, 0.5) is 14.5 Å². The first-order chi connectivity index (χ1) is 18.1. The predicted molar refractivity (Wildman–Crippen MR) is 137 cm³/mol. The first-order valence-electron chi connectivity index (χ1n) is 12.7. The van der Waals surface area contributed by atoms with E-state index in [4.69, 9.17) is 4.74 Å². The van der Waals surface area contributed by atoms with E-state index in [1.165, 1.54) is 29.7 Å². The van der Waals surface area contributed by atoms with E-state index in [0.717, 1.165) is 29.7 Å². The lowest BCUT2D eigenvalue weighted by Crippen LogP contribution is -2.44. The minimum absolute atomic E-state index is 0.0298. The highest BCUT2D eigenvalue weighted by Gasteiger charge is 2.39. The molecule has 2 atom stereocenters. The van der Waals surface area contributed by atoms with Crippen LogP contribution in [-0.2, 0) is 20.9 Å². The summed E-state index contributed by atoms with van der Waals surface area (Å²) in [5.74, 6) is -0.141. The summed E-state index contributed by atoms with van der Waals surface area (Å²) >= 11 is 0. The molecule has 10 heteroatoms. The van der Waals surface area contributed by atoms with Crippen LogP contribution >= 0.6 is 0 Å². The molecule has 1 unspecified atom stereocenters. The van der Waals surface area contributed by atoms with Crippen LogP contribution < -0.4 is 19.7 Å².